The number of nitrogens with one attached hydrogen (secondary N) is 1. The molecular weight excluding hydrogens is 642 g/mol. The van der Waals surface area contributed by atoms with Gasteiger partial charge in [0.15, 0.2) is 0 Å². The summed E-state index contributed by atoms with van der Waals surface area (Å²) >= 11 is 0. The van der Waals surface area contributed by atoms with Crippen LogP contribution >= 0.6 is 48.0 Å². The summed E-state index contributed by atoms with van der Waals surface area (Å²) in [6.07, 6.45) is 5.46. The number of rotatable bonds is 3. The number of nitrogens with zero attached hydrogens (tertiary/aromatic N) is 3. The molecule has 0 unspecified atom stereocenters. The maximum Gasteiger partial charge on any atom is 0.268 e. The highest BCUT2D eigenvalue weighted by molar-refractivity contribution is 14.0. The Kier molecular flexibility index (Phi) is 7.75. The van der Waals surface area contributed by atoms with Gasteiger partial charge >= 0.3 is 0 Å². The summed E-state index contributed by atoms with van der Waals surface area (Å²) in [4.78, 5) is 6.82. The molecular formula is C21H26I2N4O3S. The molecule has 0 aliphatic carbocycles. The molecule has 3 aromatic rings. The predicted molar refractivity (Wildman–Crippen MR) is 143 cm³/mol. The molecule has 0 radical (unpaired) electrons. The van der Waals surface area contributed by atoms with E-state index < -0.39 is 10.0 Å². The van der Waals surface area contributed by atoms with Crippen LogP contribution in [0.1, 0.15) is 24.3 Å². The topological polar surface area (TPSA) is 76.5 Å². The Morgan fingerprint density at radius 2 is 1.94 bits per heavy atom. The van der Waals surface area contributed by atoms with Gasteiger partial charge in [0.2, 0.25) is 0 Å². The fraction of sp³-hybridized carbons (Fsp3) is 0.381. The molecule has 2 aromatic heterocycles. The van der Waals surface area contributed by atoms with Crippen molar-refractivity contribution in [2.24, 2.45) is 0 Å². The van der Waals surface area contributed by atoms with Gasteiger partial charge in [0.1, 0.15) is 12.4 Å². The van der Waals surface area contributed by atoms with Crippen LogP contribution in [0.3, 0.4) is 0 Å². The number of hydrogen-bond acceptors (Lipinski definition) is 6. The van der Waals surface area contributed by atoms with Crippen LogP contribution in [0.5, 0.6) is 5.75 Å². The van der Waals surface area contributed by atoms with Crippen molar-refractivity contribution in [2.45, 2.75) is 23.7 Å². The predicted octanol–water partition coefficient (Wildman–Crippen LogP) is 3.80. The first kappa shape index (κ1) is 24.5. The van der Waals surface area contributed by atoms with Crippen molar-refractivity contribution in [3.05, 3.63) is 48.3 Å². The van der Waals surface area contributed by atoms with Crippen molar-refractivity contribution >= 4 is 74.7 Å². The molecule has 10 heteroatoms. The summed E-state index contributed by atoms with van der Waals surface area (Å²) in [6, 6.07) is 8.72. The summed E-state index contributed by atoms with van der Waals surface area (Å²) in [5, 5.41) is 3.36. The Labute approximate surface area is 216 Å². The van der Waals surface area contributed by atoms with E-state index in [1.54, 1.807) is 30.6 Å². The Hall–Kier alpha value is -1.12. The molecule has 31 heavy (non-hydrogen) atoms. The lowest BCUT2D eigenvalue weighted by Gasteiger charge is -2.27. The van der Waals surface area contributed by atoms with Crippen LogP contribution in [0.15, 0.2) is 47.6 Å². The summed E-state index contributed by atoms with van der Waals surface area (Å²) in [5.41, 5.74) is 3.32. The van der Waals surface area contributed by atoms with E-state index in [2.05, 4.69) is 15.2 Å². The second-order valence-corrected chi connectivity index (χ2v) is 9.50. The van der Waals surface area contributed by atoms with Crippen LogP contribution in [0, 0.1) is 0 Å². The van der Waals surface area contributed by atoms with Gasteiger partial charge in [-0.15, -0.1) is 48.0 Å². The average molecular weight is 668 g/mol. The van der Waals surface area contributed by atoms with Gasteiger partial charge in [-0.1, -0.05) is 0 Å². The van der Waals surface area contributed by atoms with Crippen molar-refractivity contribution in [2.75, 3.05) is 38.2 Å². The van der Waals surface area contributed by atoms with E-state index in [1.165, 1.54) is 3.97 Å². The minimum atomic E-state index is -3.77. The average Bonchev–Trinajstić information content (AvgIpc) is 3.15. The smallest absolute Gasteiger partial charge is 0.268 e. The fourth-order valence-corrected chi connectivity index (χ4v) is 5.68. The lowest BCUT2D eigenvalue weighted by atomic mass is 9.91. The van der Waals surface area contributed by atoms with Crippen molar-refractivity contribution in [1.82, 2.24) is 14.3 Å². The number of pyridine rings is 1. The van der Waals surface area contributed by atoms with E-state index in [9.17, 15) is 8.42 Å². The highest BCUT2D eigenvalue weighted by atomic mass is 127. The van der Waals surface area contributed by atoms with Crippen molar-refractivity contribution < 1.29 is 13.2 Å². The van der Waals surface area contributed by atoms with E-state index in [1.807, 2.05) is 19.2 Å². The number of fused-ring (bicyclic) bond motifs is 2. The third-order valence-corrected chi connectivity index (χ3v) is 7.59. The number of anilines is 1. The number of halogens is 2. The van der Waals surface area contributed by atoms with E-state index in [4.69, 9.17) is 4.74 Å². The number of benzene rings is 1. The van der Waals surface area contributed by atoms with E-state index in [-0.39, 0.29) is 52.8 Å². The summed E-state index contributed by atoms with van der Waals surface area (Å²) in [7, 11) is -1.79. The SMILES string of the molecule is CN1CCOc2cc(S(=O)(=O)n3cc(C4CCNCC4)c4ncccc43)ccc21.I.I. The lowest BCUT2D eigenvalue weighted by Crippen LogP contribution is -2.29. The largest absolute Gasteiger partial charge is 0.490 e. The first-order chi connectivity index (χ1) is 14.1. The van der Waals surface area contributed by atoms with Crippen molar-refractivity contribution in [3.63, 3.8) is 0 Å². The molecule has 1 aromatic carbocycles. The van der Waals surface area contributed by atoms with Crippen molar-refractivity contribution in [3.8, 4) is 5.75 Å². The highest BCUT2D eigenvalue weighted by Crippen LogP contribution is 2.36. The molecule has 168 valence electrons. The minimum Gasteiger partial charge on any atom is -0.490 e. The molecule has 4 heterocycles. The Morgan fingerprint density at radius 1 is 1.16 bits per heavy atom. The molecule has 0 spiro atoms. The quantitative estimate of drug-likeness (QED) is 0.429. The third kappa shape index (κ3) is 4.40. The molecule has 0 saturated carbocycles. The molecule has 1 fully saturated rings. The van der Waals surface area contributed by atoms with Gasteiger partial charge < -0.3 is 15.0 Å². The monoisotopic (exact) mass is 668 g/mol. The second-order valence-electron chi connectivity index (χ2n) is 7.68. The van der Waals surface area contributed by atoms with Crippen LogP contribution in [0.4, 0.5) is 5.69 Å². The second kappa shape index (κ2) is 9.79. The van der Waals surface area contributed by atoms with E-state index >= 15 is 0 Å². The highest BCUT2D eigenvalue weighted by Gasteiger charge is 2.27. The molecule has 5 rings (SSSR count). The van der Waals surface area contributed by atoms with E-state index in [0.717, 1.165) is 49.2 Å². The summed E-state index contributed by atoms with van der Waals surface area (Å²) in [5.74, 6) is 0.915. The van der Waals surface area contributed by atoms with Gasteiger partial charge in [-0.2, -0.15) is 0 Å². The van der Waals surface area contributed by atoms with Crippen LogP contribution in [0.25, 0.3) is 11.0 Å². The maximum absolute atomic E-state index is 13.6. The number of piperidine rings is 1. The Bertz CT molecular complexity index is 1180. The summed E-state index contributed by atoms with van der Waals surface area (Å²) in [6.45, 7) is 3.20. The number of ether oxygens (including phenoxy) is 1. The standard InChI is InChI=1S/C21H24N4O3S.2HI/c1-24-11-12-28-20-13-16(4-5-18(20)24)29(26,27)25-14-17(15-6-9-22-10-7-15)21-19(25)3-2-8-23-21;;/h2-5,8,13-15,22H,6-7,9-12H2,1H3;2*1H. The van der Waals surface area contributed by atoms with Crippen LogP contribution in [0.2, 0.25) is 0 Å². The zero-order valence-electron chi connectivity index (χ0n) is 17.2. The molecule has 1 N–H and O–H groups in total. The van der Waals surface area contributed by atoms with Crippen LogP contribution in [-0.2, 0) is 10.0 Å². The molecule has 0 bridgehead atoms. The van der Waals surface area contributed by atoms with Crippen LogP contribution in [-0.4, -0.2) is 50.7 Å². The van der Waals surface area contributed by atoms with Crippen molar-refractivity contribution in [1.29, 1.82) is 0 Å². The molecule has 1 saturated heterocycles. The molecule has 2 aliphatic rings. The van der Waals surface area contributed by atoms with Gasteiger partial charge in [0.05, 0.1) is 28.2 Å². The molecule has 0 amide bonds. The Balaban J connectivity index is 0.00000136. The normalized spacial score (nSPS) is 16.7. The van der Waals surface area contributed by atoms with Gasteiger partial charge in [0, 0.05) is 31.1 Å². The van der Waals surface area contributed by atoms with Gasteiger partial charge in [-0.05, 0) is 56.1 Å². The van der Waals surface area contributed by atoms with Gasteiger partial charge in [-0.25, -0.2) is 12.4 Å². The van der Waals surface area contributed by atoms with Gasteiger partial charge in [0.25, 0.3) is 10.0 Å². The third-order valence-electron chi connectivity index (χ3n) is 5.92. The number of hydrogen-bond donors (Lipinski definition) is 1. The number of aromatic nitrogens is 2. The van der Waals surface area contributed by atoms with Crippen LogP contribution < -0.4 is 15.0 Å². The Morgan fingerprint density at radius 3 is 2.71 bits per heavy atom. The van der Waals surface area contributed by atoms with E-state index in [0.29, 0.717) is 23.8 Å². The summed E-state index contributed by atoms with van der Waals surface area (Å²) < 4.78 is 34.2. The zero-order valence-corrected chi connectivity index (χ0v) is 22.6. The first-order valence-electron chi connectivity index (χ1n) is 9.96. The zero-order chi connectivity index (χ0) is 20.0. The fourth-order valence-electron chi connectivity index (χ4n) is 4.30. The minimum absolute atomic E-state index is 0. The maximum atomic E-state index is 13.6. The molecule has 2 aliphatic heterocycles. The first-order valence-corrected chi connectivity index (χ1v) is 11.4. The van der Waals surface area contributed by atoms with Gasteiger partial charge in [-0.3, -0.25) is 4.98 Å². The lowest BCUT2D eigenvalue weighted by molar-refractivity contribution is 0.310. The molecule has 0 atom stereocenters. The number of likely N-dealkylation sites (N-methyl/N-ethyl adjacent to an activating group) is 1. The molecule has 7 nitrogen and oxygen atoms in total.